The Balaban J connectivity index is 2.13. The largest absolute Gasteiger partial charge is 0.399 e. The highest BCUT2D eigenvalue weighted by Gasteiger charge is 2.51. The van der Waals surface area contributed by atoms with E-state index in [9.17, 15) is 4.79 Å². The minimum atomic E-state index is -0.312. The Morgan fingerprint density at radius 2 is 1.79 bits per heavy atom. The summed E-state index contributed by atoms with van der Waals surface area (Å²) in [6, 6.07) is 7.85. The molecule has 1 unspecified atom stereocenters. The van der Waals surface area contributed by atoms with Crippen molar-refractivity contribution in [2.75, 3.05) is 5.73 Å². The van der Waals surface area contributed by atoms with Crippen LogP contribution in [0.25, 0.3) is 0 Å². The molecule has 104 valence electrons. The zero-order valence-corrected chi connectivity index (χ0v) is 12.3. The second kappa shape index (κ2) is 4.55. The lowest BCUT2D eigenvalue weighted by Gasteiger charge is -2.30. The fourth-order valence-corrected chi connectivity index (χ4v) is 2.13. The van der Waals surface area contributed by atoms with E-state index in [0.29, 0.717) is 0 Å². The quantitative estimate of drug-likeness (QED) is 0.821. The van der Waals surface area contributed by atoms with E-state index in [1.165, 1.54) is 0 Å². The molecule has 1 aliphatic rings. The fourth-order valence-electron chi connectivity index (χ4n) is 2.13. The monoisotopic (exact) mass is 260 g/mol. The van der Waals surface area contributed by atoms with Gasteiger partial charge in [-0.3, -0.25) is 4.79 Å². The lowest BCUT2D eigenvalue weighted by Crippen LogP contribution is -2.46. The van der Waals surface area contributed by atoms with Gasteiger partial charge >= 0.3 is 0 Å². The topological polar surface area (TPSA) is 55.1 Å². The molecule has 3 nitrogen and oxygen atoms in total. The van der Waals surface area contributed by atoms with Gasteiger partial charge in [-0.1, -0.05) is 32.9 Å². The standard InChI is InChI=1S/C16H24N2O/c1-11(15(2,3)4)18-14(19)16(9-10-16)12-5-7-13(17)8-6-12/h5-8,11H,9-10,17H2,1-4H3,(H,18,19). The smallest absolute Gasteiger partial charge is 0.230 e. The minimum absolute atomic E-state index is 0.0762. The summed E-state index contributed by atoms with van der Waals surface area (Å²) in [6.07, 6.45) is 1.86. The van der Waals surface area contributed by atoms with Crippen molar-refractivity contribution < 1.29 is 4.79 Å². The Bertz CT molecular complexity index is 467. The van der Waals surface area contributed by atoms with Crippen molar-refractivity contribution in [3.8, 4) is 0 Å². The van der Waals surface area contributed by atoms with Crippen LogP contribution in [0.15, 0.2) is 24.3 Å². The number of benzene rings is 1. The number of anilines is 1. The van der Waals surface area contributed by atoms with Gasteiger partial charge in [0, 0.05) is 11.7 Å². The molecular formula is C16H24N2O. The average molecular weight is 260 g/mol. The first-order chi connectivity index (χ1) is 8.75. The van der Waals surface area contributed by atoms with E-state index in [1.54, 1.807) is 0 Å². The molecule has 19 heavy (non-hydrogen) atoms. The number of nitrogen functional groups attached to an aromatic ring is 1. The van der Waals surface area contributed by atoms with Gasteiger partial charge < -0.3 is 11.1 Å². The van der Waals surface area contributed by atoms with Gasteiger partial charge in [0.2, 0.25) is 5.91 Å². The van der Waals surface area contributed by atoms with E-state index in [1.807, 2.05) is 24.3 Å². The van der Waals surface area contributed by atoms with Gasteiger partial charge in [0.25, 0.3) is 0 Å². The van der Waals surface area contributed by atoms with Crippen LogP contribution in [0, 0.1) is 5.41 Å². The molecule has 3 heteroatoms. The molecular weight excluding hydrogens is 236 g/mol. The Morgan fingerprint density at radius 3 is 2.21 bits per heavy atom. The molecule has 0 saturated heterocycles. The van der Waals surface area contributed by atoms with E-state index in [0.717, 1.165) is 24.1 Å². The van der Waals surface area contributed by atoms with Crippen molar-refractivity contribution in [2.24, 2.45) is 5.41 Å². The summed E-state index contributed by atoms with van der Waals surface area (Å²) >= 11 is 0. The first-order valence-corrected chi connectivity index (χ1v) is 6.93. The van der Waals surface area contributed by atoms with E-state index in [4.69, 9.17) is 5.73 Å². The van der Waals surface area contributed by atoms with Gasteiger partial charge in [0.1, 0.15) is 0 Å². The molecule has 1 amide bonds. The summed E-state index contributed by atoms with van der Waals surface area (Å²) in [5, 5.41) is 3.17. The highest BCUT2D eigenvalue weighted by Crippen LogP contribution is 2.48. The molecule has 1 aromatic carbocycles. The first kappa shape index (κ1) is 13.9. The number of hydrogen-bond acceptors (Lipinski definition) is 2. The third kappa shape index (κ3) is 2.75. The van der Waals surface area contributed by atoms with Crippen LogP contribution in [-0.4, -0.2) is 11.9 Å². The Hall–Kier alpha value is -1.51. The minimum Gasteiger partial charge on any atom is -0.399 e. The predicted octanol–water partition coefficient (Wildman–Crippen LogP) is 2.85. The zero-order valence-electron chi connectivity index (χ0n) is 12.3. The number of nitrogens with two attached hydrogens (primary N) is 1. The molecule has 1 saturated carbocycles. The van der Waals surface area contributed by atoms with E-state index in [-0.39, 0.29) is 22.8 Å². The van der Waals surface area contributed by atoms with Crippen LogP contribution >= 0.6 is 0 Å². The summed E-state index contributed by atoms with van der Waals surface area (Å²) in [6.45, 7) is 8.49. The summed E-state index contributed by atoms with van der Waals surface area (Å²) < 4.78 is 0. The highest BCUT2D eigenvalue weighted by molar-refractivity contribution is 5.91. The van der Waals surface area contributed by atoms with Gasteiger partial charge in [-0.05, 0) is 42.9 Å². The number of hydrogen-bond donors (Lipinski definition) is 2. The first-order valence-electron chi connectivity index (χ1n) is 6.93. The van der Waals surface area contributed by atoms with Gasteiger partial charge in [-0.2, -0.15) is 0 Å². The number of amides is 1. The van der Waals surface area contributed by atoms with Crippen molar-refractivity contribution in [3.63, 3.8) is 0 Å². The van der Waals surface area contributed by atoms with Crippen LogP contribution in [0.4, 0.5) is 5.69 Å². The van der Waals surface area contributed by atoms with Crippen LogP contribution in [0.5, 0.6) is 0 Å². The Morgan fingerprint density at radius 1 is 1.26 bits per heavy atom. The molecule has 0 heterocycles. The van der Waals surface area contributed by atoms with E-state index in [2.05, 4.69) is 33.0 Å². The zero-order chi connectivity index (χ0) is 14.3. The molecule has 2 rings (SSSR count). The number of carbonyl (C=O) groups is 1. The molecule has 1 atom stereocenters. The maximum atomic E-state index is 12.5. The molecule has 0 bridgehead atoms. The van der Waals surface area contributed by atoms with Crippen molar-refractivity contribution in [1.29, 1.82) is 0 Å². The second-order valence-corrected chi connectivity index (χ2v) is 6.77. The van der Waals surface area contributed by atoms with Crippen molar-refractivity contribution in [3.05, 3.63) is 29.8 Å². The molecule has 0 aliphatic heterocycles. The van der Waals surface area contributed by atoms with Gasteiger partial charge in [0.15, 0.2) is 0 Å². The predicted molar refractivity (Wildman–Crippen MR) is 78.8 cm³/mol. The van der Waals surface area contributed by atoms with E-state index < -0.39 is 0 Å². The van der Waals surface area contributed by atoms with Crippen molar-refractivity contribution in [2.45, 2.75) is 52.0 Å². The highest BCUT2D eigenvalue weighted by atomic mass is 16.2. The van der Waals surface area contributed by atoms with Crippen LogP contribution in [0.3, 0.4) is 0 Å². The van der Waals surface area contributed by atoms with Gasteiger partial charge in [-0.25, -0.2) is 0 Å². The summed E-state index contributed by atoms with van der Waals surface area (Å²) in [5.74, 6) is 0.152. The normalized spacial score (nSPS) is 18.7. The van der Waals surface area contributed by atoms with Crippen LogP contribution in [-0.2, 0) is 10.2 Å². The third-order valence-corrected chi connectivity index (χ3v) is 4.29. The SMILES string of the molecule is CC(NC(=O)C1(c2ccc(N)cc2)CC1)C(C)(C)C. The molecule has 0 aromatic heterocycles. The summed E-state index contributed by atoms with van der Waals surface area (Å²) in [7, 11) is 0. The maximum absolute atomic E-state index is 12.5. The molecule has 1 aromatic rings. The summed E-state index contributed by atoms with van der Waals surface area (Å²) in [5.41, 5.74) is 7.29. The number of nitrogens with one attached hydrogen (secondary N) is 1. The van der Waals surface area contributed by atoms with Crippen molar-refractivity contribution in [1.82, 2.24) is 5.32 Å². The van der Waals surface area contributed by atoms with Crippen LogP contribution in [0.1, 0.15) is 46.1 Å². The Labute approximate surface area is 115 Å². The molecule has 1 fully saturated rings. The fraction of sp³-hybridized carbons (Fsp3) is 0.562. The second-order valence-electron chi connectivity index (χ2n) is 6.77. The average Bonchev–Trinajstić information content (AvgIpc) is 3.10. The molecule has 3 N–H and O–H groups in total. The van der Waals surface area contributed by atoms with Crippen LogP contribution < -0.4 is 11.1 Å². The molecule has 0 radical (unpaired) electrons. The maximum Gasteiger partial charge on any atom is 0.230 e. The Kier molecular flexibility index (Phi) is 3.33. The summed E-state index contributed by atoms with van der Waals surface area (Å²) in [4.78, 5) is 12.5. The lowest BCUT2D eigenvalue weighted by molar-refractivity contribution is -0.124. The van der Waals surface area contributed by atoms with Crippen LogP contribution in [0.2, 0.25) is 0 Å². The molecule has 0 spiro atoms. The molecule has 1 aliphatic carbocycles. The van der Waals surface area contributed by atoms with Crippen molar-refractivity contribution >= 4 is 11.6 Å². The third-order valence-electron chi connectivity index (χ3n) is 4.29. The van der Waals surface area contributed by atoms with E-state index >= 15 is 0 Å². The number of carbonyl (C=O) groups excluding carboxylic acids is 1. The number of rotatable bonds is 3. The lowest BCUT2D eigenvalue weighted by atomic mass is 9.86. The van der Waals surface area contributed by atoms with Gasteiger partial charge in [0.05, 0.1) is 5.41 Å². The van der Waals surface area contributed by atoms with Gasteiger partial charge in [-0.15, -0.1) is 0 Å².